The number of carbonyl (C=O) groups excluding carboxylic acids is 1. The first-order chi connectivity index (χ1) is 10.8. The van der Waals surface area contributed by atoms with Crippen LogP contribution in [0.3, 0.4) is 0 Å². The van der Waals surface area contributed by atoms with Crippen molar-refractivity contribution in [1.82, 2.24) is 25.5 Å². The van der Waals surface area contributed by atoms with Crippen molar-refractivity contribution in [2.45, 2.75) is 19.6 Å². The lowest BCUT2D eigenvalue weighted by atomic mass is 10.2. The maximum atomic E-state index is 12.2. The molecular weight excluding hydrogens is 284 g/mol. The third kappa shape index (κ3) is 3.12. The third-order valence-electron chi connectivity index (χ3n) is 3.44. The monoisotopic (exact) mass is 302 g/mol. The summed E-state index contributed by atoms with van der Waals surface area (Å²) in [7, 11) is 0. The minimum atomic E-state index is -0.460. The molecule has 116 valence electrons. The average Bonchev–Trinajstić information content (AvgIpc) is 3.04. The van der Waals surface area contributed by atoms with Gasteiger partial charge in [0.05, 0.1) is 6.61 Å². The number of aryl methyl sites for hydroxylation is 1. The van der Waals surface area contributed by atoms with Gasteiger partial charge in [0.15, 0.2) is 5.82 Å². The first kappa shape index (κ1) is 14.6. The van der Waals surface area contributed by atoms with E-state index in [0.717, 1.165) is 12.1 Å². The second kappa shape index (κ2) is 6.63. The standard InChI is InChI=1S/C14H18N6O2/c1-2-20-13(17-18-19-20)10-4-3-5-11(8-10)16-14(21)12-9-15-6-7-22-12/h3-5,8,12,15H,2,6-7,9H2,1H3,(H,16,21). The topological polar surface area (TPSA) is 94.0 Å². The van der Waals surface area contributed by atoms with Crippen molar-refractivity contribution < 1.29 is 9.53 Å². The number of carbonyl (C=O) groups is 1. The summed E-state index contributed by atoms with van der Waals surface area (Å²) in [4.78, 5) is 12.2. The maximum Gasteiger partial charge on any atom is 0.254 e. The molecule has 2 aromatic rings. The van der Waals surface area contributed by atoms with E-state index in [-0.39, 0.29) is 5.91 Å². The molecule has 2 heterocycles. The molecule has 0 radical (unpaired) electrons. The van der Waals surface area contributed by atoms with E-state index in [1.54, 1.807) is 4.68 Å². The molecule has 22 heavy (non-hydrogen) atoms. The number of morpholine rings is 1. The molecule has 3 rings (SSSR count). The van der Waals surface area contributed by atoms with Crippen LogP contribution >= 0.6 is 0 Å². The highest BCUT2D eigenvalue weighted by molar-refractivity contribution is 5.94. The lowest BCUT2D eigenvalue weighted by Crippen LogP contribution is -2.45. The summed E-state index contributed by atoms with van der Waals surface area (Å²) in [5.41, 5.74) is 1.55. The van der Waals surface area contributed by atoms with Crippen molar-refractivity contribution in [3.8, 4) is 11.4 Å². The van der Waals surface area contributed by atoms with Gasteiger partial charge in [-0.25, -0.2) is 4.68 Å². The zero-order valence-electron chi connectivity index (χ0n) is 12.3. The number of tetrazole rings is 1. The lowest BCUT2D eigenvalue weighted by Gasteiger charge is -2.22. The van der Waals surface area contributed by atoms with Crippen LogP contribution in [0.1, 0.15) is 6.92 Å². The molecule has 1 saturated heterocycles. The quantitative estimate of drug-likeness (QED) is 0.843. The number of benzene rings is 1. The van der Waals surface area contributed by atoms with E-state index in [1.165, 1.54) is 0 Å². The highest BCUT2D eigenvalue weighted by atomic mass is 16.5. The van der Waals surface area contributed by atoms with Gasteiger partial charge in [0.1, 0.15) is 6.10 Å². The number of hydrogen-bond acceptors (Lipinski definition) is 6. The summed E-state index contributed by atoms with van der Waals surface area (Å²) in [5, 5.41) is 17.6. The van der Waals surface area contributed by atoms with Crippen LogP contribution < -0.4 is 10.6 Å². The minimum Gasteiger partial charge on any atom is -0.366 e. The van der Waals surface area contributed by atoms with Gasteiger partial charge >= 0.3 is 0 Å². The molecule has 0 aliphatic carbocycles. The van der Waals surface area contributed by atoms with Crippen molar-refractivity contribution in [2.75, 3.05) is 25.0 Å². The molecule has 1 unspecified atom stereocenters. The SMILES string of the molecule is CCn1nnnc1-c1cccc(NC(=O)C2CNCCO2)c1. The van der Waals surface area contributed by atoms with Crippen LogP contribution in [0.5, 0.6) is 0 Å². The van der Waals surface area contributed by atoms with Crippen LogP contribution in [-0.4, -0.2) is 51.9 Å². The van der Waals surface area contributed by atoms with Gasteiger partial charge < -0.3 is 15.4 Å². The Morgan fingerprint density at radius 1 is 1.55 bits per heavy atom. The number of anilines is 1. The van der Waals surface area contributed by atoms with Crippen molar-refractivity contribution >= 4 is 11.6 Å². The van der Waals surface area contributed by atoms with E-state index in [1.807, 2.05) is 31.2 Å². The largest absolute Gasteiger partial charge is 0.366 e. The molecule has 1 aliphatic heterocycles. The highest BCUT2D eigenvalue weighted by Gasteiger charge is 2.21. The predicted molar refractivity (Wildman–Crippen MR) is 80.2 cm³/mol. The number of nitrogens with one attached hydrogen (secondary N) is 2. The Morgan fingerprint density at radius 3 is 3.23 bits per heavy atom. The minimum absolute atomic E-state index is 0.153. The van der Waals surface area contributed by atoms with E-state index in [2.05, 4.69) is 26.2 Å². The maximum absolute atomic E-state index is 12.2. The average molecular weight is 302 g/mol. The summed E-state index contributed by atoms with van der Waals surface area (Å²) in [6.07, 6.45) is -0.460. The molecule has 8 heteroatoms. The van der Waals surface area contributed by atoms with Gasteiger partial charge in [-0.2, -0.15) is 0 Å². The number of ether oxygens (including phenoxy) is 1. The molecule has 0 saturated carbocycles. The van der Waals surface area contributed by atoms with Gasteiger partial charge in [-0.05, 0) is 29.5 Å². The summed E-state index contributed by atoms with van der Waals surface area (Å²) >= 11 is 0. The second-order valence-corrected chi connectivity index (χ2v) is 4.95. The number of hydrogen-bond donors (Lipinski definition) is 2. The molecular formula is C14H18N6O2. The van der Waals surface area contributed by atoms with Crippen LogP contribution in [0.15, 0.2) is 24.3 Å². The molecule has 1 aromatic heterocycles. The Balaban J connectivity index is 1.75. The van der Waals surface area contributed by atoms with Crippen molar-refractivity contribution in [3.63, 3.8) is 0 Å². The Kier molecular flexibility index (Phi) is 4.40. The predicted octanol–water partition coefficient (Wildman–Crippen LogP) is 0.287. The van der Waals surface area contributed by atoms with Gasteiger partial charge in [-0.15, -0.1) is 5.10 Å². The molecule has 1 fully saturated rings. The lowest BCUT2D eigenvalue weighted by molar-refractivity contribution is -0.128. The van der Waals surface area contributed by atoms with Gasteiger partial charge in [0.25, 0.3) is 5.91 Å². The van der Waals surface area contributed by atoms with Crippen LogP contribution in [-0.2, 0) is 16.1 Å². The Hall–Kier alpha value is -2.32. The highest BCUT2D eigenvalue weighted by Crippen LogP contribution is 2.20. The molecule has 2 N–H and O–H groups in total. The molecule has 1 atom stereocenters. The Bertz CT molecular complexity index is 650. The summed E-state index contributed by atoms with van der Waals surface area (Å²) < 4.78 is 7.14. The second-order valence-electron chi connectivity index (χ2n) is 4.95. The molecule has 8 nitrogen and oxygen atoms in total. The Morgan fingerprint density at radius 2 is 2.45 bits per heavy atom. The zero-order chi connectivity index (χ0) is 15.4. The molecule has 1 aliphatic rings. The molecule has 0 bridgehead atoms. The number of rotatable bonds is 4. The number of amides is 1. The van der Waals surface area contributed by atoms with Gasteiger partial charge in [0, 0.05) is 30.9 Å². The van der Waals surface area contributed by atoms with Crippen LogP contribution in [0, 0.1) is 0 Å². The Labute approximate surface area is 127 Å². The van der Waals surface area contributed by atoms with Gasteiger partial charge in [0.2, 0.25) is 0 Å². The normalized spacial score (nSPS) is 18.1. The van der Waals surface area contributed by atoms with Crippen LogP contribution in [0.4, 0.5) is 5.69 Å². The fraction of sp³-hybridized carbons (Fsp3) is 0.429. The van der Waals surface area contributed by atoms with E-state index in [4.69, 9.17) is 4.74 Å². The van der Waals surface area contributed by atoms with Crippen molar-refractivity contribution in [1.29, 1.82) is 0 Å². The first-order valence-corrected chi connectivity index (χ1v) is 7.27. The van der Waals surface area contributed by atoms with Crippen molar-refractivity contribution in [3.05, 3.63) is 24.3 Å². The van der Waals surface area contributed by atoms with Crippen LogP contribution in [0.25, 0.3) is 11.4 Å². The van der Waals surface area contributed by atoms with E-state index >= 15 is 0 Å². The van der Waals surface area contributed by atoms with Gasteiger partial charge in [-0.1, -0.05) is 12.1 Å². The third-order valence-corrected chi connectivity index (χ3v) is 3.44. The van der Waals surface area contributed by atoms with E-state index in [0.29, 0.717) is 31.2 Å². The number of nitrogens with zero attached hydrogens (tertiary/aromatic N) is 4. The van der Waals surface area contributed by atoms with E-state index < -0.39 is 6.10 Å². The fourth-order valence-corrected chi connectivity index (χ4v) is 2.32. The van der Waals surface area contributed by atoms with Gasteiger partial charge in [-0.3, -0.25) is 4.79 Å². The van der Waals surface area contributed by atoms with Crippen LogP contribution in [0.2, 0.25) is 0 Å². The number of aromatic nitrogens is 4. The fourth-order valence-electron chi connectivity index (χ4n) is 2.32. The van der Waals surface area contributed by atoms with Crippen molar-refractivity contribution in [2.24, 2.45) is 0 Å². The summed E-state index contributed by atoms with van der Waals surface area (Å²) in [5.74, 6) is 0.522. The summed E-state index contributed by atoms with van der Waals surface area (Å²) in [6, 6.07) is 7.45. The van der Waals surface area contributed by atoms with E-state index in [9.17, 15) is 4.79 Å². The molecule has 1 aromatic carbocycles. The first-order valence-electron chi connectivity index (χ1n) is 7.27. The molecule has 1 amide bonds. The summed E-state index contributed by atoms with van der Waals surface area (Å²) in [6.45, 7) is 4.50. The smallest absolute Gasteiger partial charge is 0.254 e. The molecule has 0 spiro atoms. The zero-order valence-corrected chi connectivity index (χ0v) is 12.3.